The van der Waals surface area contributed by atoms with Crippen molar-refractivity contribution in [2.45, 2.75) is 25.7 Å². The molecule has 2 heterocycles. The maximum absolute atomic E-state index is 12.4. The number of piperidine rings is 1. The predicted octanol–water partition coefficient (Wildman–Crippen LogP) is 2.07. The van der Waals surface area contributed by atoms with E-state index >= 15 is 0 Å². The fourth-order valence-electron chi connectivity index (χ4n) is 2.80. The molecule has 22 heavy (non-hydrogen) atoms. The third kappa shape index (κ3) is 3.72. The molecule has 0 radical (unpaired) electrons. The molecule has 0 atom stereocenters. The van der Waals surface area contributed by atoms with Crippen molar-refractivity contribution >= 4 is 5.91 Å². The zero-order valence-corrected chi connectivity index (χ0v) is 12.8. The van der Waals surface area contributed by atoms with Crippen LogP contribution >= 0.6 is 0 Å². The Morgan fingerprint density at radius 3 is 2.59 bits per heavy atom. The SMILES string of the molecule is O=C(c1ccc(OCCC2=CNCN2)cc1)N1CCCCC1. The molecule has 1 fully saturated rings. The van der Waals surface area contributed by atoms with Gasteiger partial charge >= 0.3 is 0 Å². The highest BCUT2D eigenvalue weighted by atomic mass is 16.5. The monoisotopic (exact) mass is 301 g/mol. The van der Waals surface area contributed by atoms with Gasteiger partial charge in [0, 0.05) is 37.0 Å². The Morgan fingerprint density at radius 2 is 1.91 bits per heavy atom. The van der Waals surface area contributed by atoms with E-state index in [0.717, 1.165) is 56.0 Å². The highest BCUT2D eigenvalue weighted by Gasteiger charge is 2.17. The van der Waals surface area contributed by atoms with Crippen molar-refractivity contribution in [1.29, 1.82) is 0 Å². The topological polar surface area (TPSA) is 53.6 Å². The van der Waals surface area contributed by atoms with Gasteiger partial charge in [-0.1, -0.05) is 0 Å². The minimum absolute atomic E-state index is 0.137. The maximum atomic E-state index is 12.4. The van der Waals surface area contributed by atoms with Crippen LogP contribution in [-0.2, 0) is 0 Å². The molecule has 3 rings (SSSR count). The Morgan fingerprint density at radius 1 is 1.14 bits per heavy atom. The Hall–Kier alpha value is -2.17. The first kappa shape index (κ1) is 14.8. The summed E-state index contributed by atoms with van der Waals surface area (Å²) in [5.41, 5.74) is 1.91. The van der Waals surface area contributed by atoms with Gasteiger partial charge in [0.1, 0.15) is 5.75 Å². The molecule has 1 aromatic rings. The molecule has 2 aliphatic rings. The Kier molecular flexibility index (Phi) is 4.83. The largest absolute Gasteiger partial charge is 0.493 e. The maximum Gasteiger partial charge on any atom is 0.253 e. The van der Waals surface area contributed by atoms with Crippen LogP contribution in [0, 0.1) is 0 Å². The molecule has 0 saturated carbocycles. The smallest absolute Gasteiger partial charge is 0.253 e. The lowest BCUT2D eigenvalue weighted by atomic mass is 10.1. The van der Waals surface area contributed by atoms with E-state index in [-0.39, 0.29) is 5.91 Å². The van der Waals surface area contributed by atoms with Gasteiger partial charge in [0.25, 0.3) is 5.91 Å². The van der Waals surface area contributed by atoms with Crippen molar-refractivity contribution in [3.63, 3.8) is 0 Å². The van der Waals surface area contributed by atoms with E-state index in [1.54, 1.807) is 0 Å². The molecule has 5 heteroatoms. The van der Waals surface area contributed by atoms with Crippen molar-refractivity contribution in [3.05, 3.63) is 41.7 Å². The van der Waals surface area contributed by atoms with Crippen LogP contribution in [0.3, 0.4) is 0 Å². The molecule has 2 N–H and O–H groups in total. The second kappa shape index (κ2) is 7.20. The summed E-state index contributed by atoms with van der Waals surface area (Å²) in [5, 5.41) is 6.32. The van der Waals surface area contributed by atoms with Crippen LogP contribution in [0.2, 0.25) is 0 Å². The number of nitrogens with one attached hydrogen (secondary N) is 2. The summed E-state index contributed by atoms with van der Waals surface area (Å²) in [6.07, 6.45) is 6.29. The van der Waals surface area contributed by atoms with Crippen molar-refractivity contribution in [2.75, 3.05) is 26.4 Å². The number of hydrogen-bond acceptors (Lipinski definition) is 4. The predicted molar refractivity (Wildman–Crippen MR) is 85.5 cm³/mol. The first-order chi connectivity index (χ1) is 10.8. The third-order valence-electron chi connectivity index (χ3n) is 4.08. The lowest BCUT2D eigenvalue weighted by Gasteiger charge is -2.26. The molecule has 0 bridgehead atoms. The third-order valence-corrected chi connectivity index (χ3v) is 4.08. The van der Waals surface area contributed by atoms with Crippen molar-refractivity contribution in [1.82, 2.24) is 15.5 Å². The summed E-state index contributed by atoms with van der Waals surface area (Å²) in [4.78, 5) is 14.3. The number of amides is 1. The average Bonchev–Trinajstić information content (AvgIpc) is 3.09. The number of rotatable bonds is 5. The number of carbonyl (C=O) groups is 1. The highest BCUT2D eigenvalue weighted by molar-refractivity contribution is 5.94. The van der Waals surface area contributed by atoms with Gasteiger partial charge in [-0.25, -0.2) is 0 Å². The van der Waals surface area contributed by atoms with Gasteiger partial charge in [0.05, 0.1) is 13.3 Å². The van der Waals surface area contributed by atoms with Gasteiger partial charge in [-0.3, -0.25) is 4.79 Å². The molecule has 5 nitrogen and oxygen atoms in total. The number of hydrogen-bond donors (Lipinski definition) is 2. The molecule has 0 unspecified atom stereocenters. The molecule has 0 aromatic heterocycles. The van der Waals surface area contributed by atoms with E-state index < -0.39 is 0 Å². The number of carbonyl (C=O) groups excluding carboxylic acids is 1. The van der Waals surface area contributed by atoms with Crippen LogP contribution in [-0.4, -0.2) is 37.2 Å². The van der Waals surface area contributed by atoms with E-state index in [9.17, 15) is 4.79 Å². The van der Waals surface area contributed by atoms with Gasteiger partial charge in [0.2, 0.25) is 0 Å². The minimum atomic E-state index is 0.137. The number of likely N-dealkylation sites (tertiary alicyclic amines) is 1. The molecule has 1 saturated heterocycles. The summed E-state index contributed by atoms with van der Waals surface area (Å²) in [6, 6.07) is 7.49. The van der Waals surface area contributed by atoms with E-state index in [1.807, 2.05) is 35.4 Å². The normalized spacial score (nSPS) is 17.5. The van der Waals surface area contributed by atoms with E-state index in [0.29, 0.717) is 6.61 Å². The zero-order valence-electron chi connectivity index (χ0n) is 12.8. The number of benzene rings is 1. The molecule has 118 valence electrons. The number of ether oxygens (including phenoxy) is 1. The van der Waals surface area contributed by atoms with Crippen LogP contribution in [0.5, 0.6) is 5.75 Å². The summed E-state index contributed by atoms with van der Waals surface area (Å²) >= 11 is 0. The minimum Gasteiger partial charge on any atom is -0.493 e. The molecular weight excluding hydrogens is 278 g/mol. The Balaban J connectivity index is 1.49. The molecule has 2 aliphatic heterocycles. The second-order valence-corrected chi connectivity index (χ2v) is 5.70. The van der Waals surface area contributed by atoms with Crippen LogP contribution in [0.4, 0.5) is 0 Å². The zero-order chi connectivity index (χ0) is 15.2. The van der Waals surface area contributed by atoms with Gasteiger partial charge in [0.15, 0.2) is 0 Å². The summed E-state index contributed by atoms with van der Waals surface area (Å²) < 4.78 is 5.71. The summed E-state index contributed by atoms with van der Waals surface area (Å²) in [5.74, 6) is 0.944. The molecule has 1 aromatic carbocycles. The quantitative estimate of drug-likeness (QED) is 0.874. The lowest BCUT2D eigenvalue weighted by molar-refractivity contribution is 0.0724. The summed E-state index contributed by atoms with van der Waals surface area (Å²) in [7, 11) is 0. The molecule has 0 aliphatic carbocycles. The van der Waals surface area contributed by atoms with Crippen LogP contribution < -0.4 is 15.4 Å². The Labute approximate surface area is 131 Å². The molecular formula is C17H23N3O2. The average molecular weight is 301 g/mol. The van der Waals surface area contributed by atoms with E-state index in [1.165, 1.54) is 6.42 Å². The van der Waals surface area contributed by atoms with Gasteiger partial charge in [-0.15, -0.1) is 0 Å². The van der Waals surface area contributed by atoms with Gasteiger partial charge in [-0.2, -0.15) is 0 Å². The van der Waals surface area contributed by atoms with Crippen molar-refractivity contribution in [2.24, 2.45) is 0 Å². The van der Waals surface area contributed by atoms with E-state index in [2.05, 4.69) is 10.6 Å². The summed E-state index contributed by atoms with van der Waals surface area (Å²) in [6.45, 7) is 3.18. The standard InChI is InChI=1S/C17H23N3O2/c21-17(20-9-2-1-3-10-20)14-4-6-16(7-5-14)22-11-8-15-12-18-13-19-15/h4-7,12,18-19H,1-3,8-11,13H2. The first-order valence-corrected chi connectivity index (χ1v) is 8.01. The van der Waals surface area contributed by atoms with Crippen LogP contribution in [0.25, 0.3) is 0 Å². The van der Waals surface area contributed by atoms with Crippen LogP contribution in [0.15, 0.2) is 36.2 Å². The lowest BCUT2D eigenvalue weighted by Crippen LogP contribution is -2.35. The first-order valence-electron chi connectivity index (χ1n) is 8.01. The second-order valence-electron chi connectivity index (χ2n) is 5.70. The van der Waals surface area contributed by atoms with Crippen LogP contribution in [0.1, 0.15) is 36.0 Å². The van der Waals surface area contributed by atoms with Crippen molar-refractivity contribution in [3.8, 4) is 5.75 Å². The highest BCUT2D eigenvalue weighted by Crippen LogP contribution is 2.17. The number of nitrogens with zero attached hydrogens (tertiary/aromatic N) is 1. The van der Waals surface area contributed by atoms with Gasteiger partial charge < -0.3 is 20.3 Å². The van der Waals surface area contributed by atoms with Gasteiger partial charge in [-0.05, 0) is 43.5 Å². The molecule has 1 amide bonds. The Bertz CT molecular complexity index is 533. The van der Waals surface area contributed by atoms with E-state index in [4.69, 9.17) is 4.74 Å². The van der Waals surface area contributed by atoms with Crippen molar-refractivity contribution < 1.29 is 9.53 Å². The molecule has 0 spiro atoms. The fraction of sp³-hybridized carbons (Fsp3) is 0.471. The fourth-order valence-corrected chi connectivity index (χ4v) is 2.80.